The van der Waals surface area contributed by atoms with Crippen LogP contribution in [0.2, 0.25) is 0 Å². The van der Waals surface area contributed by atoms with Gasteiger partial charge >= 0.3 is 0 Å². The van der Waals surface area contributed by atoms with Crippen LogP contribution in [0.1, 0.15) is 23.9 Å². The number of hydrogen-bond donors (Lipinski definition) is 1. The van der Waals surface area contributed by atoms with Gasteiger partial charge in [-0.05, 0) is 12.5 Å². The second-order valence-corrected chi connectivity index (χ2v) is 4.80. The number of rotatable bonds is 3. The van der Waals surface area contributed by atoms with E-state index >= 15 is 0 Å². The van der Waals surface area contributed by atoms with Crippen molar-refractivity contribution in [3.8, 4) is 0 Å². The maximum absolute atomic E-state index is 5.48. The highest BCUT2D eigenvalue weighted by Crippen LogP contribution is 2.33. The van der Waals surface area contributed by atoms with E-state index in [9.17, 15) is 0 Å². The van der Waals surface area contributed by atoms with Crippen molar-refractivity contribution in [3.05, 3.63) is 36.2 Å². The Morgan fingerprint density at radius 3 is 2.74 bits per heavy atom. The van der Waals surface area contributed by atoms with Crippen LogP contribution in [-0.2, 0) is 4.74 Å². The number of methoxy groups -OCH3 is 1. The molecule has 2 aromatic heterocycles. The zero-order valence-corrected chi connectivity index (χ0v) is 11.1. The average Bonchev–Trinajstić information content (AvgIpc) is 3.08. The molecule has 19 heavy (non-hydrogen) atoms. The van der Waals surface area contributed by atoms with Crippen LogP contribution in [0.15, 0.2) is 24.8 Å². The minimum absolute atomic E-state index is 0.141. The van der Waals surface area contributed by atoms with Gasteiger partial charge in [-0.3, -0.25) is 0 Å². The van der Waals surface area contributed by atoms with Crippen molar-refractivity contribution in [1.29, 1.82) is 0 Å². The van der Waals surface area contributed by atoms with Crippen molar-refractivity contribution in [2.75, 3.05) is 18.6 Å². The molecule has 0 spiro atoms. The van der Waals surface area contributed by atoms with E-state index in [0.29, 0.717) is 0 Å². The fourth-order valence-electron chi connectivity index (χ4n) is 2.44. The third kappa shape index (κ3) is 2.31. The molecule has 1 saturated heterocycles. The number of aromatic amines is 1. The van der Waals surface area contributed by atoms with Crippen LogP contribution in [-0.4, -0.2) is 39.7 Å². The van der Waals surface area contributed by atoms with Gasteiger partial charge in [0.05, 0.1) is 12.1 Å². The highest BCUT2D eigenvalue weighted by molar-refractivity contribution is 5.36. The van der Waals surface area contributed by atoms with Crippen LogP contribution in [0, 0.1) is 6.92 Å². The molecule has 0 amide bonds. The first-order chi connectivity index (χ1) is 9.28. The normalized spacial score (nSPS) is 22.9. The quantitative estimate of drug-likeness (QED) is 0.904. The van der Waals surface area contributed by atoms with Gasteiger partial charge in [0.1, 0.15) is 5.82 Å². The summed E-state index contributed by atoms with van der Waals surface area (Å²) in [5, 5.41) is 0. The van der Waals surface area contributed by atoms with Crippen molar-refractivity contribution in [3.63, 3.8) is 0 Å². The Morgan fingerprint density at radius 2 is 2.11 bits per heavy atom. The van der Waals surface area contributed by atoms with Crippen LogP contribution in [0.5, 0.6) is 0 Å². The summed E-state index contributed by atoms with van der Waals surface area (Å²) >= 11 is 0. The zero-order valence-electron chi connectivity index (χ0n) is 11.1. The topological polar surface area (TPSA) is 66.9 Å². The molecular formula is C13H17N5O. The number of anilines is 1. The molecule has 0 aromatic carbocycles. The Hall–Kier alpha value is -1.95. The van der Waals surface area contributed by atoms with Crippen LogP contribution >= 0.6 is 0 Å². The van der Waals surface area contributed by atoms with Crippen LogP contribution in [0.25, 0.3) is 0 Å². The first kappa shape index (κ1) is 12.1. The highest BCUT2D eigenvalue weighted by Gasteiger charge is 2.36. The lowest BCUT2D eigenvalue weighted by atomic mass is 10.2. The van der Waals surface area contributed by atoms with E-state index in [0.717, 1.165) is 30.3 Å². The fourth-order valence-corrected chi connectivity index (χ4v) is 2.44. The lowest BCUT2D eigenvalue weighted by molar-refractivity contribution is 0.118. The first-order valence-electron chi connectivity index (χ1n) is 6.35. The minimum atomic E-state index is 0.141. The Bertz CT molecular complexity index is 524. The molecule has 0 aliphatic carbocycles. The SMILES string of the molecule is CO[C@@H]1C[C@@H](c2ncc[nH]2)N(c2ncc(C)cn2)C1. The molecule has 6 nitrogen and oxygen atoms in total. The van der Waals surface area contributed by atoms with E-state index in [1.54, 1.807) is 13.3 Å². The smallest absolute Gasteiger partial charge is 0.225 e. The van der Waals surface area contributed by atoms with Crippen molar-refractivity contribution in [2.45, 2.75) is 25.5 Å². The Morgan fingerprint density at radius 1 is 1.32 bits per heavy atom. The number of ether oxygens (including phenoxy) is 1. The third-order valence-electron chi connectivity index (χ3n) is 3.46. The molecule has 0 radical (unpaired) electrons. The van der Waals surface area contributed by atoms with E-state index < -0.39 is 0 Å². The molecule has 0 unspecified atom stereocenters. The van der Waals surface area contributed by atoms with Crippen molar-refractivity contribution in [2.24, 2.45) is 0 Å². The maximum Gasteiger partial charge on any atom is 0.225 e. The molecule has 2 aromatic rings. The zero-order chi connectivity index (χ0) is 13.2. The van der Waals surface area contributed by atoms with Crippen LogP contribution in [0.3, 0.4) is 0 Å². The Balaban J connectivity index is 1.90. The second kappa shape index (κ2) is 4.97. The van der Waals surface area contributed by atoms with Gasteiger partial charge in [0.2, 0.25) is 5.95 Å². The number of H-pyrrole nitrogens is 1. The van der Waals surface area contributed by atoms with Crippen molar-refractivity contribution in [1.82, 2.24) is 19.9 Å². The predicted molar refractivity (Wildman–Crippen MR) is 70.9 cm³/mol. The molecule has 6 heteroatoms. The number of hydrogen-bond acceptors (Lipinski definition) is 5. The van der Waals surface area contributed by atoms with Gasteiger partial charge in [0.15, 0.2) is 0 Å². The maximum atomic E-state index is 5.48. The van der Waals surface area contributed by atoms with Gasteiger partial charge in [-0.25, -0.2) is 15.0 Å². The van der Waals surface area contributed by atoms with E-state index in [1.165, 1.54) is 0 Å². The summed E-state index contributed by atoms with van der Waals surface area (Å²) in [7, 11) is 1.74. The largest absolute Gasteiger partial charge is 0.380 e. The summed E-state index contributed by atoms with van der Waals surface area (Å²) in [5.41, 5.74) is 1.06. The Kier molecular flexibility index (Phi) is 3.16. The third-order valence-corrected chi connectivity index (χ3v) is 3.46. The highest BCUT2D eigenvalue weighted by atomic mass is 16.5. The van der Waals surface area contributed by atoms with Gasteiger partial charge < -0.3 is 14.6 Å². The van der Waals surface area contributed by atoms with Gasteiger partial charge in [0, 0.05) is 44.9 Å². The monoisotopic (exact) mass is 259 g/mol. The summed E-state index contributed by atoms with van der Waals surface area (Å²) in [6, 6.07) is 0.141. The first-order valence-corrected chi connectivity index (χ1v) is 6.35. The van der Waals surface area contributed by atoms with Crippen molar-refractivity contribution < 1.29 is 4.74 Å². The predicted octanol–water partition coefficient (Wildman–Crippen LogP) is 1.47. The summed E-state index contributed by atoms with van der Waals surface area (Å²) in [6.07, 6.45) is 8.35. The standard InChI is InChI=1S/C13H17N5O/c1-9-6-16-13(17-7-9)18-8-10(19-2)5-11(18)12-14-3-4-15-12/h3-4,6-7,10-11H,5,8H2,1-2H3,(H,14,15)/t10-,11+/m1/s1. The Labute approximate surface area is 111 Å². The number of nitrogens with zero attached hydrogens (tertiary/aromatic N) is 4. The fraction of sp³-hybridized carbons (Fsp3) is 0.462. The lowest BCUT2D eigenvalue weighted by Gasteiger charge is -2.22. The number of aromatic nitrogens is 4. The molecule has 1 fully saturated rings. The average molecular weight is 259 g/mol. The molecule has 0 saturated carbocycles. The van der Waals surface area contributed by atoms with E-state index in [2.05, 4.69) is 24.8 Å². The lowest BCUT2D eigenvalue weighted by Crippen LogP contribution is -2.27. The number of nitrogens with one attached hydrogen (secondary N) is 1. The van der Waals surface area contributed by atoms with E-state index in [-0.39, 0.29) is 12.1 Å². The van der Waals surface area contributed by atoms with Gasteiger partial charge in [-0.1, -0.05) is 0 Å². The van der Waals surface area contributed by atoms with Crippen molar-refractivity contribution >= 4 is 5.95 Å². The molecular weight excluding hydrogens is 242 g/mol. The minimum Gasteiger partial charge on any atom is -0.380 e. The second-order valence-electron chi connectivity index (χ2n) is 4.80. The van der Waals surface area contributed by atoms with Crippen LogP contribution in [0.4, 0.5) is 5.95 Å². The molecule has 1 N–H and O–H groups in total. The molecule has 2 atom stereocenters. The molecule has 100 valence electrons. The molecule has 0 bridgehead atoms. The molecule has 3 heterocycles. The molecule has 3 rings (SSSR count). The van der Waals surface area contributed by atoms with Gasteiger partial charge in [0.25, 0.3) is 0 Å². The summed E-state index contributed by atoms with van der Waals surface area (Å²) in [5.74, 6) is 1.66. The molecule has 1 aliphatic heterocycles. The van der Waals surface area contributed by atoms with Gasteiger partial charge in [-0.2, -0.15) is 0 Å². The summed E-state index contributed by atoms with van der Waals surface area (Å²) < 4.78 is 5.48. The van der Waals surface area contributed by atoms with Gasteiger partial charge in [-0.15, -0.1) is 0 Å². The van der Waals surface area contributed by atoms with Crippen LogP contribution < -0.4 is 4.90 Å². The summed E-state index contributed by atoms with van der Waals surface area (Å²) in [4.78, 5) is 18.5. The molecule has 1 aliphatic rings. The van der Waals surface area contributed by atoms with E-state index in [1.807, 2.05) is 25.5 Å². The summed E-state index contributed by atoms with van der Waals surface area (Å²) in [6.45, 7) is 2.76. The number of imidazole rings is 1. The van der Waals surface area contributed by atoms with E-state index in [4.69, 9.17) is 4.74 Å². The number of aryl methyl sites for hydroxylation is 1.